The molecule has 0 radical (unpaired) electrons. The lowest BCUT2D eigenvalue weighted by Crippen LogP contribution is -2.22. The third-order valence-corrected chi connectivity index (χ3v) is 5.63. The summed E-state index contributed by atoms with van der Waals surface area (Å²) in [5.41, 5.74) is -2.08. The molecule has 30 heavy (non-hydrogen) atoms. The second-order valence-corrected chi connectivity index (χ2v) is 7.79. The van der Waals surface area contributed by atoms with E-state index in [1.807, 2.05) is 6.92 Å². The van der Waals surface area contributed by atoms with Crippen LogP contribution in [0.1, 0.15) is 61.0 Å². The van der Waals surface area contributed by atoms with Gasteiger partial charge in [-0.2, -0.15) is 26.3 Å². The molecule has 0 amide bonds. The average Bonchev–Trinajstić information content (AvgIpc) is 3.01. The molecule has 1 unspecified atom stereocenters. The molecule has 0 spiro atoms. The first-order valence-corrected chi connectivity index (χ1v) is 9.56. The maximum atomic E-state index is 13.3. The minimum Gasteiger partial charge on any atom is -0.370 e. The Morgan fingerprint density at radius 1 is 0.867 bits per heavy atom. The Kier molecular flexibility index (Phi) is 6.18. The van der Waals surface area contributed by atoms with E-state index in [9.17, 15) is 30.7 Å². The fraction of sp³-hybridized carbons (Fsp3) is 0.455. The molecular weight excluding hydrogens is 413 g/mol. The standard InChI is InChI=1S/C22H21F7O/c1-12-3-8-19(20(12)14-4-6-18(23)7-5-14)30-13(2)15-9-16(21(24,25)26)11-17(10-15)22(27,28)29/h4-7,9-13,19-20H,3,8H2,1-2H3/t12-,13-,19?,20-/m1/s1. The van der Waals surface area contributed by atoms with Gasteiger partial charge in [0.1, 0.15) is 5.82 Å². The molecule has 164 valence electrons. The quantitative estimate of drug-likeness (QED) is 0.452. The molecular formula is C22H21F7O. The van der Waals surface area contributed by atoms with Crippen LogP contribution in [0.25, 0.3) is 0 Å². The second-order valence-electron chi connectivity index (χ2n) is 7.79. The number of benzene rings is 2. The van der Waals surface area contributed by atoms with Gasteiger partial charge < -0.3 is 4.74 Å². The zero-order valence-corrected chi connectivity index (χ0v) is 16.3. The molecule has 1 nitrogen and oxygen atoms in total. The molecule has 1 fully saturated rings. The van der Waals surface area contributed by atoms with Gasteiger partial charge in [0.2, 0.25) is 0 Å². The van der Waals surface area contributed by atoms with Crippen LogP contribution in [0.2, 0.25) is 0 Å². The summed E-state index contributed by atoms with van der Waals surface area (Å²) in [5, 5.41) is 0. The number of halogens is 7. The predicted octanol–water partition coefficient (Wildman–Crippen LogP) is 7.52. The van der Waals surface area contributed by atoms with E-state index in [0.717, 1.165) is 12.0 Å². The smallest absolute Gasteiger partial charge is 0.370 e. The van der Waals surface area contributed by atoms with Gasteiger partial charge in [0, 0.05) is 5.92 Å². The Morgan fingerprint density at radius 2 is 1.40 bits per heavy atom. The summed E-state index contributed by atoms with van der Waals surface area (Å²) < 4.78 is 98.0. The van der Waals surface area contributed by atoms with Gasteiger partial charge in [-0.05, 0) is 67.1 Å². The van der Waals surface area contributed by atoms with Crippen LogP contribution in [0.5, 0.6) is 0 Å². The fourth-order valence-electron chi connectivity index (χ4n) is 4.09. The van der Waals surface area contributed by atoms with Gasteiger partial charge in [-0.15, -0.1) is 0 Å². The molecule has 3 rings (SSSR count). The first-order chi connectivity index (χ1) is 13.9. The van der Waals surface area contributed by atoms with Gasteiger partial charge in [0.15, 0.2) is 0 Å². The van der Waals surface area contributed by atoms with E-state index in [-0.39, 0.29) is 29.3 Å². The molecule has 0 heterocycles. The van der Waals surface area contributed by atoms with Crippen LogP contribution in [0, 0.1) is 11.7 Å². The molecule has 8 heteroatoms. The maximum Gasteiger partial charge on any atom is 0.416 e. The Balaban J connectivity index is 1.89. The second kappa shape index (κ2) is 8.21. The number of hydrogen-bond donors (Lipinski definition) is 0. The Labute approximate surface area is 169 Å². The molecule has 0 bridgehead atoms. The monoisotopic (exact) mass is 434 g/mol. The molecule has 1 aliphatic carbocycles. The van der Waals surface area contributed by atoms with Crippen molar-refractivity contribution in [1.82, 2.24) is 0 Å². The molecule has 1 saturated carbocycles. The van der Waals surface area contributed by atoms with Crippen molar-refractivity contribution in [3.8, 4) is 0 Å². The molecule has 0 aliphatic heterocycles. The van der Waals surface area contributed by atoms with Gasteiger partial charge in [-0.3, -0.25) is 0 Å². The summed E-state index contributed by atoms with van der Waals surface area (Å²) in [6, 6.07) is 7.42. The van der Waals surface area contributed by atoms with Gasteiger partial charge in [0.05, 0.1) is 23.3 Å². The van der Waals surface area contributed by atoms with Crippen molar-refractivity contribution in [3.63, 3.8) is 0 Å². The van der Waals surface area contributed by atoms with Gasteiger partial charge in [-0.25, -0.2) is 4.39 Å². The lowest BCUT2D eigenvalue weighted by atomic mass is 9.88. The molecule has 0 aromatic heterocycles. The number of rotatable bonds is 4. The van der Waals surface area contributed by atoms with Crippen molar-refractivity contribution in [1.29, 1.82) is 0 Å². The first-order valence-electron chi connectivity index (χ1n) is 9.56. The lowest BCUT2D eigenvalue weighted by molar-refractivity contribution is -0.143. The van der Waals surface area contributed by atoms with Crippen molar-refractivity contribution in [2.75, 3.05) is 0 Å². The summed E-state index contributed by atoms with van der Waals surface area (Å²) in [5.74, 6) is -0.334. The number of ether oxygens (including phenoxy) is 1. The maximum absolute atomic E-state index is 13.3. The minimum absolute atomic E-state index is 0.106. The van der Waals surface area contributed by atoms with Crippen LogP contribution in [0.15, 0.2) is 42.5 Å². The van der Waals surface area contributed by atoms with Crippen molar-refractivity contribution in [2.45, 2.75) is 57.2 Å². The van der Waals surface area contributed by atoms with Gasteiger partial charge >= 0.3 is 12.4 Å². The van der Waals surface area contributed by atoms with E-state index in [0.29, 0.717) is 18.6 Å². The van der Waals surface area contributed by atoms with E-state index >= 15 is 0 Å². The topological polar surface area (TPSA) is 9.23 Å². The lowest BCUT2D eigenvalue weighted by Gasteiger charge is -2.27. The Bertz CT molecular complexity index is 838. The number of alkyl halides is 6. The van der Waals surface area contributed by atoms with E-state index in [1.54, 1.807) is 12.1 Å². The predicted molar refractivity (Wildman–Crippen MR) is 97.3 cm³/mol. The summed E-state index contributed by atoms with van der Waals surface area (Å²) in [4.78, 5) is 0. The Morgan fingerprint density at radius 3 is 1.90 bits per heavy atom. The molecule has 0 saturated heterocycles. The third kappa shape index (κ3) is 4.96. The van der Waals surface area contributed by atoms with E-state index in [1.165, 1.54) is 19.1 Å². The molecule has 2 aromatic rings. The highest BCUT2D eigenvalue weighted by molar-refractivity contribution is 5.35. The summed E-state index contributed by atoms with van der Waals surface area (Å²) >= 11 is 0. The number of hydrogen-bond acceptors (Lipinski definition) is 1. The van der Waals surface area contributed by atoms with Crippen LogP contribution in [0.3, 0.4) is 0 Å². The average molecular weight is 434 g/mol. The van der Waals surface area contributed by atoms with Gasteiger partial charge in [0.25, 0.3) is 0 Å². The highest BCUT2D eigenvalue weighted by Gasteiger charge is 2.39. The molecule has 0 N–H and O–H groups in total. The zero-order chi connectivity index (χ0) is 22.3. The van der Waals surface area contributed by atoms with Crippen LogP contribution in [-0.4, -0.2) is 6.10 Å². The summed E-state index contributed by atoms with van der Waals surface area (Å²) in [7, 11) is 0. The van der Waals surface area contributed by atoms with Gasteiger partial charge in [-0.1, -0.05) is 19.1 Å². The summed E-state index contributed by atoms with van der Waals surface area (Å²) in [6.07, 6.45) is -9.80. The molecule has 2 aromatic carbocycles. The molecule has 1 aliphatic rings. The van der Waals surface area contributed by atoms with Crippen molar-refractivity contribution in [3.05, 3.63) is 70.5 Å². The van der Waals surface area contributed by atoms with E-state index < -0.39 is 35.7 Å². The largest absolute Gasteiger partial charge is 0.416 e. The van der Waals surface area contributed by atoms with Crippen molar-refractivity contribution < 1.29 is 35.5 Å². The molecule has 4 atom stereocenters. The van der Waals surface area contributed by atoms with Crippen molar-refractivity contribution >= 4 is 0 Å². The van der Waals surface area contributed by atoms with Crippen molar-refractivity contribution in [2.24, 2.45) is 5.92 Å². The summed E-state index contributed by atoms with van der Waals surface area (Å²) in [6.45, 7) is 3.44. The van der Waals surface area contributed by atoms with Crippen LogP contribution in [-0.2, 0) is 17.1 Å². The SMILES string of the molecule is C[C@@H]1CCC(O[C@H](C)c2cc(C(F)(F)F)cc(C(F)(F)F)c2)[C@H]1c1ccc(F)cc1. The third-order valence-electron chi connectivity index (χ3n) is 5.63. The first kappa shape index (κ1) is 22.6. The normalized spacial score (nSPS) is 23.6. The Hall–Kier alpha value is -2.09. The van der Waals surface area contributed by atoms with E-state index in [2.05, 4.69) is 0 Å². The van der Waals surface area contributed by atoms with Crippen LogP contribution in [0.4, 0.5) is 30.7 Å². The van der Waals surface area contributed by atoms with E-state index in [4.69, 9.17) is 4.74 Å². The van der Waals surface area contributed by atoms with Crippen LogP contribution < -0.4 is 0 Å². The van der Waals surface area contributed by atoms with Crippen LogP contribution >= 0.6 is 0 Å². The highest BCUT2D eigenvalue weighted by atomic mass is 19.4. The highest BCUT2D eigenvalue weighted by Crippen LogP contribution is 2.44. The minimum atomic E-state index is -4.91. The fourth-order valence-corrected chi connectivity index (χ4v) is 4.09. The zero-order valence-electron chi connectivity index (χ0n) is 16.3.